The SMILES string of the molecule is C=C(C)S/C(=C\C(C)=C(\C(=C)C)c1ccccc1)C(=C)c1ccccc1. The molecule has 0 bridgehead atoms. The summed E-state index contributed by atoms with van der Waals surface area (Å²) in [7, 11) is 0. The van der Waals surface area contributed by atoms with Crippen molar-refractivity contribution in [2.45, 2.75) is 20.8 Å². The van der Waals surface area contributed by atoms with Crippen LogP contribution in [0.25, 0.3) is 11.1 Å². The van der Waals surface area contributed by atoms with E-state index in [1.165, 1.54) is 16.7 Å². The van der Waals surface area contributed by atoms with Crippen molar-refractivity contribution < 1.29 is 0 Å². The first kappa shape index (κ1) is 19.8. The van der Waals surface area contributed by atoms with E-state index >= 15 is 0 Å². The number of benzene rings is 2. The topological polar surface area (TPSA) is 0 Å². The highest BCUT2D eigenvalue weighted by atomic mass is 32.2. The van der Waals surface area contributed by atoms with Gasteiger partial charge in [0.1, 0.15) is 0 Å². The van der Waals surface area contributed by atoms with E-state index in [9.17, 15) is 0 Å². The Morgan fingerprint density at radius 2 is 1.27 bits per heavy atom. The summed E-state index contributed by atoms with van der Waals surface area (Å²) in [6.45, 7) is 18.8. The molecule has 0 nitrogen and oxygen atoms in total. The summed E-state index contributed by atoms with van der Waals surface area (Å²) in [5.41, 5.74) is 6.70. The molecule has 0 unspecified atom stereocenters. The third kappa shape index (κ3) is 5.24. The van der Waals surface area contributed by atoms with Crippen LogP contribution in [0.5, 0.6) is 0 Å². The van der Waals surface area contributed by atoms with Crippen molar-refractivity contribution in [3.63, 3.8) is 0 Å². The predicted molar refractivity (Wildman–Crippen MR) is 120 cm³/mol. The molecule has 0 aliphatic rings. The first-order chi connectivity index (χ1) is 12.4. The number of rotatable bonds is 7. The van der Waals surface area contributed by atoms with E-state index in [0.717, 1.165) is 26.5 Å². The lowest BCUT2D eigenvalue weighted by atomic mass is 9.94. The molecule has 132 valence electrons. The molecule has 1 heteroatoms. The molecule has 2 rings (SSSR count). The summed E-state index contributed by atoms with van der Waals surface area (Å²) in [5, 5.41) is 0. The lowest BCUT2D eigenvalue weighted by molar-refractivity contribution is 1.43. The van der Waals surface area contributed by atoms with Crippen LogP contribution in [-0.4, -0.2) is 0 Å². The molecule has 2 aromatic carbocycles. The van der Waals surface area contributed by atoms with Crippen LogP contribution in [0.15, 0.2) is 107 Å². The van der Waals surface area contributed by atoms with E-state index in [4.69, 9.17) is 0 Å². The Balaban J connectivity index is 2.55. The number of hydrogen-bond acceptors (Lipinski definition) is 1. The van der Waals surface area contributed by atoms with E-state index in [1.807, 2.05) is 31.2 Å². The van der Waals surface area contributed by atoms with Crippen LogP contribution in [0.4, 0.5) is 0 Å². The van der Waals surface area contributed by atoms with E-state index in [1.54, 1.807) is 11.8 Å². The smallest absolute Gasteiger partial charge is 0.0194 e. The van der Waals surface area contributed by atoms with Crippen LogP contribution in [-0.2, 0) is 0 Å². The molecule has 26 heavy (non-hydrogen) atoms. The minimum absolute atomic E-state index is 1.01. The van der Waals surface area contributed by atoms with Gasteiger partial charge in [-0.25, -0.2) is 0 Å². The van der Waals surface area contributed by atoms with Gasteiger partial charge in [0.15, 0.2) is 0 Å². The van der Waals surface area contributed by atoms with Crippen LogP contribution in [0.3, 0.4) is 0 Å². The zero-order valence-electron chi connectivity index (χ0n) is 15.9. The van der Waals surface area contributed by atoms with Gasteiger partial charge in [-0.1, -0.05) is 97.7 Å². The van der Waals surface area contributed by atoms with E-state index in [0.29, 0.717) is 0 Å². The van der Waals surface area contributed by atoms with Crippen molar-refractivity contribution in [3.05, 3.63) is 119 Å². The maximum atomic E-state index is 4.33. The van der Waals surface area contributed by atoms with Gasteiger partial charge in [-0.3, -0.25) is 0 Å². The maximum absolute atomic E-state index is 4.33. The Morgan fingerprint density at radius 1 is 0.769 bits per heavy atom. The highest BCUT2D eigenvalue weighted by molar-refractivity contribution is 8.07. The minimum atomic E-state index is 1.01. The predicted octanol–water partition coefficient (Wildman–Crippen LogP) is 7.90. The van der Waals surface area contributed by atoms with E-state index in [2.05, 4.69) is 76.1 Å². The number of allylic oxidation sites excluding steroid dienone is 6. The molecule has 0 atom stereocenters. The molecule has 0 heterocycles. The minimum Gasteiger partial charge on any atom is -0.0955 e. The Bertz CT molecular complexity index is 865. The molecule has 0 aromatic heterocycles. The second kappa shape index (κ2) is 9.26. The van der Waals surface area contributed by atoms with Crippen molar-refractivity contribution in [1.29, 1.82) is 0 Å². The van der Waals surface area contributed by atoms with Crippen LogP contribution < -0.4 is 0 Å². The molecule has 0 aliphatic heterocycles. The van der Waals surface area contributed by atoms with Crippen LogP contribution >= 0.6 is 11.8 Å². The molecule has 0 fully saturated rings. The van der Waals surface area contributed by atoms with Crippen molar-refractivity contribution in [2.75, 3.05) is 0 Å². The molecular formula is C25H26S. The Morgan fingerprint density at radius 3 is 1.73 bits per heavy atom. The maximum Gasteiger partial charge on any atom is 0.0194 e. The number of thioether (sulfide) groups is 1. The normalized spacial score (nSPS) is 12.3. The fourth-order valence-corrected chi connectivity index (χ4v) is 3.68. The fourth-order valence-electron chi connectivity index (χ4n) is 2.83. The number of hydrogen-bond donors (Lipinski definition) is 0. The van der Waals surface area contributed by atoms with E-state index < -0.39 is 0 Å². The van der Waals surface area contributed by atoms with Gasteiger partial charge >= 0.3 is 0 Å². The van der Waals surface area contributed by atoms with Crippen LogP contribution in [0.2, 0.25) is 0 Å². The zero-order valence-corrected chi connectivity index (χ0v) is 16.7. The van der Waals surface area contributed by atoms with Crippen molar-refractivity contribution in [1.82, 2.24) is 0 Å². The van der Waals surface area contributed by atoms with Gasteiger partial charge in [-0.2, -0.15) is 0 Å². The molecule has 0 radical (unpaired) electrons. The van der Waals surface area contributed by atoms with Crippen molar-refractivity contribution >= 4 is 22.9 Å². The average Bonchev–Trinajstić information content (AvgIpc) is 2.61. The summed E-state index contributed by atoms with van der Waals surface area (Å²) < 4.78 is 0. The van der Waals surface area contributed by atoms with Crippen molar-refractivity contribution in [3.8, 4) is 0 Å². The van der Waals surface area contributed by atoms with Gasteiger partial charge in [0.2, 0.25) is 0 Å². The highest BCUT2D eigenvalue weighted by Gasteiger charge is 2.10. The quantitative estimate of drug-likeness (QED) is 0.453. The third-order valence-electron chi connectivity index (χ3n) is 3.94. The molecule has 0 spiro atoms. The second-order valence-corrected chi connectivity index (χ2v) is 7.70. The highest BCUT2D eigenvalue weighted by Crippen LogP contribution is 2.37. The first-order valence-corrected chi connectivity index (χ1v) is 9.43. The molecule has 0 saturated carbocycles. The molecule has 2 aromatic rings. The molecule has 0 aliphatic carbocycles. The van der Waals surface area contributed by atoms with Gasteiger partial charge in [0.05, 0.1) is 0 Å². The Hall–Kier alpha value is -2.51. The van der Waals surface area contributed by atoms with Crippen LogP contribution in [0.1, 0.15) is 31.9 Å². The van der Waals surface area contributed by atoms with Gasteiger partial charge in [-0.05, 0) is 59.6 Å². The van der Waals surface area contributed by atoms with Gasteiger partial charge in [-0.15, -0.1) is 0 Å². The second-order valence-electron chi connectivity index (χ2n) is 6.36. The summed E-state index contributed by atoms with van der Waals surface area (Å²) in [6.07, 6.45) is 2.20. The Kier molecular flexibility index (Phi) is 7.06. The molecule has 0 N–H and O–H groups in total. The lowest BCUT2D eigenvalue weighted by Crippen LogP contribution is -1.92. The van der Waals surface area contributed by atoms with Gasteiger partial charge in [0, 0.05) is 4.91 Å². The van der Waals surface area contributed by atoms with Crippen LogP contribution in [0, 0.1) is 0 Å². The van der Waals surface area contributed by atoms with Gasteiger partial charge < -0.3 is 0 Å². The summed E-state index contributed by atoms with van der Waals surface area (Å²) in [5.74, 6) is 0. The zero-order chi connectivity index (χ0) is 19.1. The summed E-state index contributed by atoms with van der Waals surface area (Å²) in [4.78, 5) is 2.15. The molecule has 0 amide bonds. The third-order valence-corrected chi connectivity index (χ3v) is 4.87. The average molecular weight is 359 g/mol. The lowest BCUT2D eigenvalue weighted by Gasteiger charge is -2.15. The standard InChI is InChI=1S/C25H26S/c1-18(2)25(23-15-11-8-12-16-23)20(5)17-24(26-19(3)4)21(6)22-13-9-7-10-14-22/h7-17H,1,3,6H2,2,4-5H3/b24-17-,25-20-. The fraction of sp³-hybridized carbons (Fsp3) is 0.120. The first-order valence-electron chi connectivity index (χ1n) is 8.62. The largest absolute Gasteiger partial charge is 0.0955 e. The summed E-state index contributed by atoms with van der Waals surface area (Å²) >= 11 is 1.66. The van der Waals surface area contributed by atoms with Crippen molar-refractivity contribution in [2.24, 2.45) is 0 Å². The van der Waals surface area contributed by atoms with Gasteiger partial charge in [0.25, 0.3) is 0 Å². The Labute approximate surface area is 162 Å². The summed E-state index contributed by atoms with van der Waals surface area (Å²) in [6, 6.07) is 20.7. The molecular weight excluding hydrogens is 332 g/mol. The van der Waals surface area contributed by atoms with E-state index in [-0.39, 0.29) is 0 Å². The molecule has 0 saturated heterocycles. The monoisotopic (exact) mass is 358 g/mol.